The van der Waals surface area contributed by atoms with Crippen molar-refractivity contribution in [2.24, 2.45) is 7.05 Å². The molecular formula is C26H27N5O2. The van der Waals surface area contributed by atoms with Crippen LogP contribution in [0.3, 0.4) is 0 Å². The summed E-state index contributed by atoms with van der Waals surface area (Å²) in [5.74, 6) is 0.897. The number of pyridine rings is 1. The third kappa shape index (κ3) is 4.83. The number of phenols is 1. The minimum Gasteiger partial charge on any atom is -0.508 e. The van der Waals surface area contributed by atoms with Gasteiger partial charge in [-0.2, -0.15) is 5.10 Å². The summed E-state index contributed by atoms with van der Waals surface area (Å²) in [6, 6.07) is 19.8. The molecule has 0 amide bonds. The van der Waals surface area contributed by atoms with E-state index >= 15 is 0 Å². The SMILES string of the molecule is Cn1cc(-c2cnc3c(c2)NC[C@@H]([C@H](NCCc2ccc(O)cc2)c2ccccc2)O3)cn1. The molecule has 4 aromatic rings. The molecule has 1 aliphatic rings. The summed E-state index contributed by atoms with van der Waals surface area (Å²) >= 11 is 0. The predicted octanol–water partition coefficient (Wildman–Crippen LogP) is 3.93. The summed E-state index contributed by atoms with van der Waals surface area (Å²) in [6.45, 7) is 1.45. The molecule has 3 heterocycles. The standard InChI is InChI=1S/C26H27N5O2/c1-31-17-21(15-30-31)20-13-23-26(29-14-20)33-24(16-28-23)25(19-5-3-2-4-6-19)27-12-11-18-7-9-22(32)10-8-18/h2-10,13-15,17,24-25,27-28,32H,11-12,16H2,1H3/t24-,25+/m0/s1. The van der Waals surface area contributed by atoms with Gasteiger partial charge >= 0.3 is 0 Å². The van der Waals surface area contributed by atoms with Gasteiger partial charge in [0.05, 0.1) is 24.5 Å². The average molecular weight is 442 g/mol. The molecule has 1 aliphatic heterocycles. The molecule has 0 saturated heterocycles. The largest absolute Gasteiger partial charge is 0.508 e. The van der Waals surface area contributed by atoms with Crippen molar-refractivity contribution in [3.8, 4) is 22.8 Å². The van der Waals surface area contributed by atoms with Crippen LogP contribution in [-0.4, -0.2) is 39.1 Å². The van der Waals surface area contributed by atoms with Gasteiger partial charge in [0, 0.05) is 30.6 Å². The quantitative estimate of drug-likeness (QED) is 0.403. The fourth-order valence-corrected chi connectivity index (χ4v) is 4.14. The van der Waals surface area contributed by atoms with Crippen LogP contribution < -0.4 is 15.4 Å². The Kier molecular flexibility index (Phi) is 5.95. The number of rotatable bonds is 7. The molecule has 0 bridgehead atoms. The van der Waals surface area contributed by atoms with Crippen molar-refractivity contribution >= 4 is 5.69 Å². The Bertz CT molecular complexity index is 1210. The smallest absolute Gasteiger partial charge is 0.237 e. The van der Waals surface area contributed by atoms with Gasteiger partial charge in [-0.15, -0.1) is 0 Å². The van der Waals surface area contributed by atoms with Crippen LogP contribution in [0.2, 0.25) is 0 Å². The molecule has 5 rings (SSSR count). The summed E-state index contributed by atoms with van der Waals surface area (Å²) in [5.41, 5.74) is 5.26. The van der Waals surface area contributed by atoms with E-state index in [4.69, 9.17) is 4.74 Å². The predicted molar refractivity (Wildman–Crippen MR) is 128 cm³/mol. The van der Waals surface area contributed by atoms with E-state index in [0.717, 1.165) is 29.8 Å². The normalized spacial score (nSPS) is 15.8. The lowest BCUT2D eigenvalue weighted by atomic mass is 9.99. The first-order chi connectivity index (χ1) is 16.2. The van der Waals surface area contributed by atoms with Crippen molar-refractivity contribution in [1.29, 1.82) is 0 Å². The van der Waals surface area contributed by atoms with Crippen molar-refractivity contribution < 1.29 is 9.84 Å². The summed E-state index contributed by atoms with van der Waals surface area (Å²) in [5, 5.41) is 20.9. The van der Waals surface area contributed by atoms with E-state index in [1.165, 1.54) is 11.1 Å². The zero-order valence-electron chi connectivity index (χ0n) is 18.5. The number of fused-ring (bicyclic) bond motifs is 1. The molecular weight excluding hydrogens is 414 g/mol. The maximum absolute atomic E-state index is 9.50. The van der Waals surface area contributed by atoms with Crippen molar-refractivity contribution in [3.63, 3.8) is 0 Å². The second kappa shape index (κ2) is 9.34. The Labute approximate surface area is 193 Å². The zero-order chi connectivity index (χ0) is 22.6. The fourth-order valence-electron chi connectivity index (χ4n) is 4.14. The summed E-state index contributed by atoms with van der Waals surface area (Å²) in [7, 11) is 1.90. The molecule has 7 nitrogen and oxygen atoms in total. The summed E-state index contributed by atoms with van der Waals surface area (Å²) in [6.07, 6.45) is 6.37. The number of hydrogen-bond donors (Lipinski definition) is 3. The third-order valence-corrected chi connectivity index (χ3v) is 5.89. The van der Waals surface area contributed by atoms with Gasteiger partial charge in [-0.3, -0.25) is 4.68 Å². The lowest BCUT2D eigenvalue weighted by molar-refractivity contribution is 0.150. The van der Waals surface area contributed by atoms with Crippen LogP contribution in [0.25, 0.3) is 11.1 Å². The first-order valence-electron chi connectivity index (χ1n) is 11.1. The highest BCUT2D eigenvalue weighted by atomic mass is 16.5. The molecule has 0 spiro atoms. The number of hydrogen-bond acceptors (Lipinski definition) is 6. The maximum atomic E-state index is 9.50. The number of anilines is 1. The number of aromatic hydroxyl groups is 1. The van der Waals surface area contributed by atoms with Crippen molar-refractivity contribution in [1.82, 2.24) is 20.1 Å². The molecule has 0 aliphatic carbocycles. The van der Waals surface area contributed by atoms with Crippen LogP contribution in [0.4, 0.5) is 5.69 Å². The number of phenolic OH excluding ortho intramolecular Hbond substituents is 1. The molecule has 0 radical (unpaired) electrons. The van der Waals surface area contributed by atoms with E-state index in [9.17, 15) is 5.11 Å². The number of nitrogens with zero attached hydrogens (tertiary/aromatic N) is 3. The highest BCUT2D eigenvalue weighted by Gasteiger charge is 2.29. The van der Waals surface area contributed by atoms with Gasteiger partial charge in [-0.05, 0) is 42.3 Å². The van der Waals surface area contributed by atoms with Crippen LogP contribution in [0.15, 0.2) is 79.3 Å². The highest BCUT2D eigenvalue weighted by molar-refractivity contribution is 5.69. The van der Waals surface area contributed by atoms with E-state index < -0.39 is 0 Å². The van der Waals surface area contributed by atoms with E-state index in [2.05, 4.69) is 38.9 Å². The zero-order valence-corrected chi connectivity index (χ0v) is 18.5. The van der Waals surface area contributed by atoms with Gasteiger partial charge in [-0.25, -0.2) is 4.98 Å². The number of nitrogens with one attached hydrogen (secondary N) is 2. The number of aryl methyl sites for hydroxylation is 1. The first-order valence-corrected chi connectivity index (χ1v) is 11.1. The summed E-state index contributed by atoms with van der Waals surface area (Å²) < 4.78 is 8.15. The molecule has 2 aromatic heterocycles. The van der Waals surface area contributed by atoms with Crippen LogP contribution >= 0.6 is 0 Å². The van der Waals surface area contributed by atoms with Crippen molar-refractivity contribution in [3.05, 3.63) is 90.4 Å². The molecule has 33 heavy (non-hydrogen) atoms. The van der Waals surface area contributed by atoms with E-state index in [-0.39, 0.29) is 17.9 Å². The van der Waals surface area contributed by atoms with Crippen molar-refractivity contribution in [2.75, 3.05) is 18.4 Å². The molecule has 0 unspecified atom stereocenters. The first kappa shape index (κ1) is 21.0. The summed E-state index contributed by atoms with van der Waals surface area (Å²) in [4.78, 5) is 4.59. The molecule has 0 saturated carbocycles. The molecule has 2 aromatic carbocycles. The molecule has 7 heteroatoms. The van der Waals surface area contributed by atoms with Crippen LogP contribution in [0.1, 0.15) is 17.2 Å². The van der Waals surface area contributed by atoms with E-state index in [1.807, 2.05) is 56.0 Å². The van der Waals surface area contributed by atoms with Crippen molar-refractivity contribution in [2.45, 2.75) is 18.6 Å². The van der Waals surface area contributed by atoms with Gasteiger partial charge in [0.2, 0.25) is 5.88 Å². The highest BCUT2D eigenvalue weighted by Crippen LogP contribution is 2.34. The fraction of sp³-hybridized carbons (Fsp3) is 0.231. The Morgan fingerprint density at radius 2 is 1.94 bits per heavy atom. The molecule has 3 N–H and O–H groups in total. The van der Waals surface area contributed by atoms with Gasteiger partial charge in [-0.1, -0.05) is 42.5 Å². The van der Waals surface area contributed by atoms with Crippen LogP contribution in [-0.2, 0) is 13.5 Å². The molecule has 168 valence electrons. The lowest BCUT2D eigenvalue weighted by Crippen LogP contribution is -2.43. The topological polar surface area (TPSA) is 84.2 Å². The number of benzene rings is 2. The number of ether oxygens (including phenoxy) is 1. The van der Waals surface area contributed by atoms with Crippen LogP contribution in [0.5, 0.6) is 11.6 Å². The van der Waals surface area contributed by atoms with Crippen LogP contribution in [0, 0.1) is 0 Å². The van der Waals surface area contributed by atoms with Gasteiger partial charge < -0.3 is 20.5 Å². The Morgan fingerprint density at radius 1 is 1.12 bits per heavy atom. The second-order valence-corrected chi connectivity index (χ2v) is 8.28. The minimum absolute atomic E-state index is 0.00349. The van der Waals surface area contributed by atoms with Gasteiger partial charge in [0.25, 0.3) is 0 Å². The minimum atomic E-state index is -0.114. The van der Waals surface area contributed by atoms with Gasteiger partial charge in [0.15, 0.2) is 0 Å². The average Bonchev–Trinajstić information content (AvgIpc) is 3.29. The Balaban J connectivity index is 1.31. The second-order valence-electron chi connectivity index (χ2n) is 8.28. The van der Waals surface area contributed by atoms with E-state index in [1.54, 1.807) is 16.8 Å². The van der Waals surface area contributed by atoms with Gasteiger partial charge in [0.1, 0.15) is 11.9 Å². The Hall–Kier alpha value is -3.84. The van der Waals surface area contributed by atoms with E-state index in [0.29, 0.717) is 12.4 Å². The maximum Gasteiger partial charge on any atom is 0.237 e. The Morgan fingerprint density at radius 3 is 2.70 bits per heavy atom. The third-order valence-electron chi connectivity index (χ3n) is 5.89. The molecule has 2 atom stereocenters. The number of aromatic nitrogens is 3. The lowest BCUT2D eigenvalue weighted by Gasteiger charge is -2.33. The monoisotopic (exact) mass is 441 g/mol. The molecule has 0 fully saturated rings.